The first-order chi connectivity index (χ1) is 15.3. The van der Waals surface area contributed by atoms with Crippen molar-refractivity contribution in [3.8, 4) is 5.69 Å². The number of carbonyl (C=O) groups excluding carboxylic acids is 1. The second kappa shape index (κ2) is 9.73. The van der Waals surface area contributed by atoms with Gasteiger partial charge < -0.3 is 5.32 Å². The molecule has 3 aromatic rings. The van der Waals surface area contributed by atoms with Crippen molar-refractivity contribution in [2.75, 3.05) is 5.75 Å². The molecule has 0 saturated heterocycles. The molecule has 2 heterocycles. The van der Waals surface area contributed by atoms with Crippen LogP contribution in [0.5, 0.6) is 0 Å². The van der Waals surface area contributed by atoms with Crippen LogP contribution in [0.1, 0.15) is 29.3 Å². The molecule has 1 aromatic heterocycles. The van der Waals surface area contributed by atoms with E-state index in [1.807, 2.05) is 44.2 Å². The molecule has 0 bridgehead atoms. The molecule has 1 unspecified atom stereocenters. The number of aryl methyl sites for hydroxylation is 2. The monoisotopic (exact) mass is 485 g/mol. The second-order valence-corrected chi connectivity index (χ2v) is 10.7. The number of hydrogen-bond acceptors (Lipinski definition) is 5. The SMILES string of the molecule is Cc1cc(C)cc(-n2c(SCC(=O)NCc3ccccc3Cl)nc3c(c2=O)SC(C)C3)c1. The lowest BCUT2D eigenvalue weighted by Gasteiger charge is -2.15. The summed E-state index contributed by atoms with van der Waals surface area (Å²) in [6, 6.07) is 13.5. The zero-order valence-electron chi connectivity index (χ0n) is 18.1. The van der Waals surface area contributed by atoms with E-state index in [9.17, 15) is 9.59 Å². The number of nitrogens with one attached hydrogen (secondary N) is 1. The maximum absolute atomic E-state index is 13.4. The van der Waals surface area contributed by atoms with E-state index in [4.69, 9.17) is 16.6 Å². The van der Waals surface area contributed by atoms with Crippen molar-refractivity contribution in [1.82, 2.24) is 14.9 Å². The molecule has 32 heavy (non-hydrogen) atoms. The van der Waals surface area contributed by atoms with E-state index in [0.717, 1.165) is 34.5 Å². The number of carbonyl (C=O) groups is 1. The highest BCUT2D eigenvalue weighted by atomic mass is 35.5. The molecule has 1 atom stereocenters. The third-order valence-electron chi connectivity index (χ3n) is 5.11. The van der Waals surface area contributed by atoms with Gasteiger partial charge in [-0.3, -0.25) is 14.2 Å². The number of aromatic nitrogens is 2. The molecule has 0 saturated carbocycles. The Morgan fingerprint density at radius 2 is 1.97 bits per heavy atom. The molecule has 0 spiro atoms. The molecule has 0 radical (unpaired) electrons. The summed E-state index contributed by atoms with van der Waals surface area (Å²) >= 11 is 9.03. The lowest BCUT2D eigenvalue weighted by atomic mass is 10.1. The fourth-order valence-electron chi connectivity index (χ4n) is 3.72. The van der Waals surface area contributed by atoms with Crippen LogP contribution in [-0.2, 0) is 17.8 Å². The predicted molar refractivity (Wildman–Crippen MR) is 132 cm³/mol. The highest BCUT2D eigenvalue weighted by Gasteiger charge is 2.27. The third kappa shape index (κ3) is 5.05. The zero-order chi connectivity index (χ0) is 22.8. The minimum Gasteiger partial charge on any atom is -0.351 e. The Hall–Kier alpha value is -2.22. The Balaban J connectivity index is 1.59. The molecule has 0 aliphatic carbocycles. The minimum atomic E-state index is -0.139. The van der Waals surface area contributed by atoms with Gasteiger partial charge in [0.1, 0.15) is 0 Å². The maximum atomic E-state index is 13.4. The minimum absolute atomic E-state index is 0.0617. The Morgan fingerprint density at radius 1 is 1.25 bits per heavy atom. The number of nitrogens with zero attached hydrogens (tertiary/aromatic N) is 2. The van der Waals surface area contributed by atoms with Crippen LogP contribution in [0, 0.1) is 13.8 Å². The number of fused-ring (bicyclic) bond motifs is 1. The van der Waals surface area contributed by atoms with Crippen molar-refractivity contribution >= 4 is 41.0 Å². The number of halogens is 1. The Morgan fingerprint density at radius 3 is 2.69 bits per heavy atom. The fraction of sp³-hybridized carbons (Fsp3) is 0.292. The number of rotatable bonds is 6. The highest BCUT2D eigenvalue weighted by molar-refractivity contribution is 8.00. The van der Waals surface area contributed by atoms with Gasteiger partial charge in [-0.25, -0.2) is 4.98 Å². The highest BCUT2D eigenvalue weighted by Crippen LogP contribution is 2.35. The smallest absolute Gasteiger partial charge is 0.272 e. The van der Waals surface area contributed by atoms with E-state index in [2.05, 4.69) is 18.3 Å². The van der Waals surface area contributed by atoms with Gasteiger partial charge in [-0.1, -0.05) is 54.6 Å². The summed E-state index contributed by atoms with van der Waals surface area (Å²) in [4.78, 5) is 31.5. The summed E-state index contributed by atoms with van der Waals surface area (Å²) in [5.74, 6) is 0.0165. The topological polar surface area (TPSA) is 64.0 Å². The molecule has 1 amide bonds. The van der Waals surface area contributed by atoms with Gasteiger partial charge in [-0.2, -0.15) is 0 Å². The average molecular weight is 486 g/mol. The van der Waals surface area contributed by atoms with Crippen molar-refractivity contribution in [2.45, 2.75) is 49.0 Å². The molecule has 1 N–H and O–H groups in total. The third-order valence-corrected chi connectivity index (χ3v) is 7.63. The van der Waals surface area contributed by atoms with Gasteiger partial charge in [0, 0.05) is 23.2 Å². The molecule has 166 valence electrons. The molecule has 5 nitrogen and oxygen atoms in total. The Bertz CT molecular complexity index is 1220. The Labute approximate surface area is 201 Å². The van der Waals surface area contributed by atoms with E-state index in [1.165, 1.54) is 11.8 Å². The molecule has 0 fully saturated rings. The van der Waals surface area contributed by atoms with Gasteiger partial charge in [0.25, 0.3) is 5.56 Å². The van der Waals surface area contributed by atoms with E-state index in [-0.39, 0.29) is 17.2 Å². The van der Waals surface area contributed by atoms with Crippen molar-refractivity contribution in [3.05, 3.63) is 80.2 Å². The number of amides is 1. The molecule has 4 rings (SSSR count). The first kappa shape index (κ1) is 23.0. The van der Waals surface area contributed by atoms with Crippen molar-refractivity contribution < 1.29 is 4.79 Å². The van der Waals surface area contributed by atoms with Crippen LogP contribution in [0.4, 0.5) is 0 Å². The van der Waals surface area contributed by atoms with Crippen LogP contribution < -0.4 is 10.9 Å². The van der Waals surface area contributed by atoms with Crippen LogP contribution in [0.3, 0.4) is 0 Å². The number of benzene rings is 2. The van der Waals surface area contributed by atoms with Gasteiger partial charge in [0.15, 0.2) is 5.16 Å². The number of hydrogen-bond donors (Lipinski definition) is 1. The average Bonchev–Trinajstić information content (AvgIpc) is 3.11. The fourth-order valence-corrected chi connectivity index (χ4v) is 5.88. The van der Waals surface area contributed by atoms with Gasteiger partial charge in [-0.05, 0) is 48.7 Å². The quantitative estimate of drug-likeness (QED) is 0.395. The van der Waals surface area contributed by atoms with E-state index in [0.29, 0.717) is 26.9 Å². The van der Waals surface area contributed by atoms with Crippen LogP contribution in [0.2, 0.25) is 5.02 Å². The molecule has 1 aliphatic rings. The molecular weight excluding hydrogens is 462 g/mol. The van der Waals surface area contributed by atoms with Gasteiger partial charge in [0.2, 0.25) is 5.91 Å². The largest absolute Gasteiger partial charge is 0.351 e. The first-order valence-electron chi connectivity index (χ1n) is 10.4. The number of thioether (sulfide) groups is 2. The molecule has 8 heteroatoms. The van der Waals surface area contributed by atoms with E-state index in [1.54, 1.807) is 22.4 Å². The molecule has 2 aromatic carbocycles. The summed E-state index contributed by atoms with van der Waals surface area (Å²) in [6.45, 7) is 6.47. The first-order valence-corrected chi connectivity index (χ1v) is 12.6. The van der Waals surface area contributed by atoms with Crippen molar-refractivity contribution in [1.29, 1.82) is 0 Å². The van der Waals surface area contributed by atoms with Gasteiger partial charge >= 0.3 is 0 Å². The van der Waals surface area contributed by atoms with Crippen LogP contribution in [0.15, 0.2) is 57.3 Å². The summed E-state index contributed by atoms with van der Waals surface area (Å²) in [6.07, 6.45) is 0.759. The zero-order valence-corrected chi connectivity index (χ0v) is 20.5. The summed E-state index contributed by atoms with van der Waals surface area (Å²) in [5, 5.41) is 4.38. The van der Waals surface area contributed by atoms with Crippen molar-refractivity contribution in [2.24, 2.45) is 0 Å². The van der Waals surface area contributed by atoms with Crippen LogP contribution >= 0.6 is 35.1 Å². The summed E-state index contributed by atoms with van der Waals surface area (Å²) in [5.41, 5.74) is 4.55. The lowest BCUT2D eigenvalue weighted by molar-refractivity contribution is -0.118. The normalized spacial score (nSPS) is 14.9. The second-order valence-electron chi connectivity index (χ2n) is 7.95. The standard InChI is InChI=1S/C24H24ClN3O2S2/c1-14-8-15(2)10-18(9-14)28-23(30)22-20(11-16(3)32-22)27-24(28)31-13-21(29)26-12-17-6-4-5-7-19(17)25/h4-10,16H,11-13H2,1-3H3,(H,26,29). The van der Waals surface area contributed by atoms with Crippen molar-refractivity contribution in [3.63, 3.8) is 0 Å². The molecular formula is C24H24ClN3O2S2. The maximum Gasteiger partial charge on any atom is 0.272 e. The van der Waals surface area contributed by atoms with E-state index < -0.39 is 0 Å². The van der Waals surface area contributed by atoms with Crippen LogP contribution in [-0.4, -0.2) is 26.5 Å². The molecule has 1 aliphatic heterocycles. The van der Waals surface area contributed by atoms with Crippen LogP contribution in [0.25, 0.3) is 5.69 Å². The summed E-state index contributed by atoms with van der Waals surface area (Å²) < 4.78 is 1.65. The van der Waals surface area contributed by atoms with Gasteiger partial charge in [-0.15, -0.1) is 11.8 Å². The predicted octanol–water partition coefficient (Wildman–Crippen LogP) is 4.95. The van der Waals surface area contributed by atoms with E-state index >= 15 is 0 Å². The lowest BCUT2D eigenvalue weighted by Crippen LogP contribution is -2.27. The van der Waals surface area contributed by atoms with Gasteiger partial charge in [0.05, 0.1) is 22.0 Å². The summed E-state index contributed by atoms with van der Waals surface area (Å²) in [7, 11) is 0. The Kier molecular flexibility index (Phi) is 6.98.